The first-order valence-corrected chi connectivity index (χ1v) is 32.5. The molecular weight excluding hydrogens is 935 g/mol. The number of rotatable bonds is 61. The third-order valence-electron chi connectivity index (χ3n) is 14.7. The van der Waals surface area contributed by atoms with Crippen LogP contribution in [0, 0.1) is 0 Å². The summed E-state index contributed by atoms with van der Waals surface area (Å²) in [4.78, 5) is 37.4. The van der Waals surface area contributed by atoms with E-state index in [0.717, 1.165) is 51.4 Å². The minimum Gasteiger partial charge on any atom is -0.545 e. The van der Waals surface area contributed by atoms with Gasteiger partial charge < -0.3 is 33.3 Å². The molecule has 0 bridgehead atoms. The molecule has 0 saturated heterocycles. The first-order chi connectivity index (χ1) is 36.6. The summed E-state index contributed by atoms with van der Waals surface area (Å²) >= 11 is 0. The molecule has 0 N–H and O–H groups in total. The van der Waals surface area contributed by atoms with Gasteiger partial charge in [0, 0.05) is 12.8 Å². The van der Waals surface area contributed by atoms with E-state index in [2.05, 4.69) is 38.2 Å². The Labute approximate surface area is 465 Å². The van der Waals surface area contributed by atoms with E-state index >= 15 is 0 Å². The van der Waals surface area contributed by atoms with Crippen LogP contribution >= 0.6 is 0 Å². The summed E-state index contributed by atoms with van der Waals surface area (Å²) in [5.41, 5.74) is 0. The normalized spacial score (nSPS) is 12.8. The van der Waals surface area contributed by atoms with Crippen LogP contribution in [0.25, 0.3) is 0 Å². The molecule has 0 saturated carbocycles. The highest BCUT2D eigenvalue weighted by Crippen LogP contribution is 2.18. The molecule has 0 aliphatic heterocycles. The van der Waals surface area contributed by atoms with E-state index in [1.165, 1.54) is 238 Å². The van der Waals surface area contributed by atoms with Gasteiger partial charge in [-0.25, -0.2) is 0 Å². The van der Waals surface area contributed by atoms with E-state index in [1.807, 2.05) is 21.1 Å². The van der Waals surface area contributed by atoms with E-state index in [-0.39, 0.29) is 32.2 Å². The summed E-state index contributed by atoms with van der Waals surface area (Å²) in [5.74, 6) is -2.26. The maximum Gasteiger partial charge on any atom is 0.306 e. The molecule has 0 radical (unpaired) electrons. The highest BCUT2D eigenvalue weighted by atomic mass is 16.7. The molecule has 9 heteroatoms. The number of unbranched alkanes of at least 4 members (excludes halogenated alkanes) is 42. The fraction of sp³-hybridized carbons (Fsp3) is 0.894. The fourth-order valence-corrected chi connectivity index (χ4v) is 9.69. The Kier molecular flexibility index (Phi) is 56.2. The lowest BCUT2D eigenvalue weighted by molar-refractivity contribution is -0.870. The van der Waals surface area contributed by atoms with Crippen molar-refractivity contribution >= 4 is 17.9 Å². The summed E-state index contributed by atoms with van der Waals surface area (Å²) in [7, 11) is 5.93. The minimum atomic E-state index is -1.62. The number of carboxylic acids is 1. The molecule has 2 unspecified atom stereocenters. The van der Waals surface area contributed by atoms with Crippen molar-refractivity contribution in [3.8, 4) is 0 Å². The molecule has 0 aromatic carbocycles. The first kappa shape index (κ1) is 72.8. The average Bonchev–Trinajstić information content (AvgIpc) is 3.38. The van der Waals surface area contributed by atoms with E-state index in [4.69, 9.17) is 18.9 Å². The van der Waals surface area contributed by atoms with Gasteiger partial charge in [0.05, 0.1) is 40.3 Å². The Morgan fingerprint density at radius 2 is 0.720 bits per heavy atom. The maximum absolute atomic E-state index is 12.9. The van der Waals surface area contributed by atoms with Gasteiger partial charge in [-0.1, -0.05) is 289 Å². The van der Waals surface area contributed by atoms with E-state index in [1.54, 1.807) is 0 Å². The second-order valence-corrected chi connectivity index (χ2v) is 23.4. The van der Waals surface area contributed by atoms with Gasteiger partial charge in [-0.15, -0.1) is 0 Å². The van der Waals surface area contributed by atoms with Crippen LogP contribution in [0.3, 0.4) is 0 Å². The molecule has 9 nitrogen and oxygen atoms in total. The predicted octanol–water partition coefficient (Wildman–Crippen LogP) is 18.1. The number of likely N-dealkylation sites (N-methyl/N-ethyl adjacent to an activating group) is 1. The van der Waals surface area contributed by atoms with Crippen LogP contribution in [-0.2, 0) is 33.3 Å². The molecule has 0 heterocycles. The van der Waals surface area contributed by atoms with E-state index in [0.29, 0.717) is 23.9 Å². The fourth-order valence-electron chi connectivity index (χ4n) is 9.69. The van der Waals surface area contributed by atoms with Crippen molar-refractivity contribution in [1.29, 1.82) is 0 Å². The van der Waals surface area contributed by atoms with Crippen molar-refractivity contribution in [3.05, 3.63) is 24.3 Å². The Bertz CT molecular complexity index is 1280. The lowest BCUT2D eigenvalue weighted by Crippen LogP contribution is -2.44. The number of aliphatic carboxylic acids is 1. The molecule has 0 aliphatic carbocycles. The standard InChI is InChI=1S/C66H125NO8/c1-6-8-10-12-14-16-18-20-22-24-26-28-29-30-31-32-33-34-35-37-38-40-42-44-46-48-50-52-54-56-63(68)73-60-62(61-74-66(65(70)71)72-59-58-67(3,4)5)75-64(69)57-55-53-51-49-47-45-43-41-39-36-27-25-23-21-19-17-15-13-11-9-7-2/h19,21,25,27,62,66H,6-18,20,22-24,26,28-61H2,1-5H3/b21-19-,27-25-. The number of carbonyl (C=O) groups excluding carboxylic acids is 3. The third kappa shape index (κ3) is 59.3. The molecule has 0 fully saturated rings. The third-order valence-corrected chi connectivity index (χ3v) is 14.7. The SMILES string of the molecule is CCCCCCC/C=C\C/C=C\CCCCCCCCCCCC(=O)OC(COC(=O)CCCCCCCCCCCCCCCCCCCCCCCCCCCCCCC)COC(OCC[N+](C)(C)C)C(=O)[O-]. The molecule has 0 aromatic rings. The van der Waals surface area contributed by atoms with Crippen LogP contribution in [-0.4, -0.2) is 82.3 Å². The second kappa shape index (κ2) is 57.9. The molecule has 0 amide bonds. The van der Waals surface area contributed by atoms with Crippen LogP contribution < -0.4 is 5.11 Å². The Morgan fingerprint density at radius 3 is 1.05 bits per heavy atom. The molecule has 442 valence electrons. The topological polar surface area (TPSA) is 111 Å². The average molecular weight is 1060 g/mol. The monoisotopic (exact) mass is 1060 g/mol. The number of nitrogens with zero attached hydrogens (tertiary/aromatic N) is 1. The number of esters is 2. The maximum atomic E-state index is 12.9. The smallest absolute Gasteiger partial charge is 0.306 e. The first-order valence-electron chi connectivity index (χ1n) is 32.5. The van der Waals surface area contributed by atoms with E-state index < -0.39 is 24.3 Å². The van der Waals surface area contributed by atoms with Crippen molar-refractivity contribution in [2.45, 2.75) is 334 Å². The minimum absolute atomic E-state index is 0.149. The second-order valence-electron chi connectivity index (χ2n) is 23.4. The van der Waals surface area contributed by atoms with Crippen LogP contribution in [0.15, 0.2) is 24.3 Å². The van der Waals surface area contributed by atoms with Gasteiger partial charge in [-0.05, 0) is 44.9 Å². The summed E-state index contributed by atoms with van der Waals surface area (Å²) in [6, 6.07) is 0. The lowest BCUT2D eigenvalue weighted by Gasteiger charge is -2.26. The highest BCUT2D eigenvalue weighted by Gasteiger charge is 2.22. The molecular formula is C66H125NO8. The van der Waals surface area contributed by atoms with Crippen LogP contribution in [0.4, 0.5) is 0 Å². The van der Waals surface area contributed by atoms with E-state index in [9.17, 15) is 19.5 Å². The zero-order valence-electron chi connectivity index (χ0n) is 50.4. The van der Waals surface area contributed by atoms with Gasteiger partial charge >= 0.3 is 11.9 Å². The molecule has 2 atom stereocenters. The number of hydrogen-bond acceptors (Lipinski definition) is 8. The summed E-state index contributed by atoms with van der Waals surface area (Å²) in [6.07, 6.45) is 66.8. The van der Waals surface area contributed by atoms with Gasteiger partial charge in [0.1, 0.15) is 13.2 Å². The molecule has 0 rings (SSSR count). The lowest BCUT2D eigenvalue weighted by atomic mass is 10.0. The van der Waals surface area contributed by atoms with Gasteiger partial charge in [-0.2, -0.15) is 0 Å². The number of carbonyl (C=O) groups is 3. The van der Waals surface area contributed by atoms with Crippen molar-refractivity contribution in [2.75, 3.05) is 47.5 Å². The van der Waals surface area contributed by atoms with Gasteiger partial charge in [0.2, 0.25) is 0 Å². The zero-order chi connectivity index (χ0) is 54.8. The Morgan fingerprint density at radius 1 is 0.400 bits per heavy atom. The Balaban J connectivity index is 4.10. The van der Waals surface area contributed by atoms with Crippen molar-refractivity contribution in [3.63, 3.8) is 0 Å². The predicted molar refractivity (Wildman–Crippen MR) is 316 cm³/mol. The molecule has 75 heavy (non-hydrogen) atoms. The van der Waals surface area contributed by atoms with Gasteiger partial charge in [0.25, 0.3) is 0 Å². The van der Waals surface area contributed by atoms with Crippen molar-refractivity contribution < 1.29 is 42.9 Å². The number of ether oxygens (including phenoxy) is 4. The van der Waals surface area contributed by atoms with Crippen LogP contribution in [0.1, 0.15) is 322 Å². The van der Waals surface area contributed by atoms with Crippen LogP contribution in [0.5, 0.6) is 0 Å². The largest absolute Gasteiger partial charge is 0.545 e. The number of allylic oxidation sites excluding steroid dienone is 4. The van der Waals surface area contributed by atoms with Crippen LogP contribution in [0.2, 0.25) is 0 Å². The highest BCUT2D eigenvalue weighted by molar-refractivity contribution is 5.70. The van der Waals surface area contributed by atoms with Crippen molar-refractivity contribution in [2.24, 2.45) is 0 Å². The van der Waals surface area contributed by atoms with Gasteiger partial charge in [0.15, 0.2) is 12.4 Å². The summed E-state index contributed by atoms with van der Waals surface area (Å²) in [5, 5.41) is 11.8. The van der Waals surface area contributed by atoms with Crippen molar-refractivity contribution in [1.82, 2.24) is 0 Å². The summed E-state index contributed by atoms with van der Waals surface area (Å²) < 4.78 is 22.8. The molecule has 0 aromatic heterocycles. The molecule has 0 aliphatic rings. The number of carboxylic acid groups (broad SMARTS) is 1. The molecule has 0 spiro atoms. The number of hydrogen-bond donors (Lipinski definition) is 0. The number of quaternary nitrogens is 1. The van der Waals surface area contributed by atoms with Gasteiger partial charge in [-0.3, -0.25) is 9.59 Å². The zero-order valence-corrected chi connectivity index (χ0v) is 50.4. The quantitative estimate of drug-likeness (QED) is 0.0195. The summed E-state index contributed by atoms with van der Waals surface area (Å²) in [6.45, 7) is 4.79. The Hall–Kier alpha value is -2.23.